The van der Waals surface area contributed by atoms with Gasteiger partial charge >= 0.3 is 0 Å². The standard InChI is InChI=1S/C14H18N2O3S/c1-10(12-6-4-3-5-7-12)16-20(17,18)14-8-13(9-15)19-11(14)2/h3-8,10,16H,9,15H2,1-2H3. The number of benzene rings is 1. The van der Waals surface area contributed by atoms with Gasteiger partial charge in [0.1, 0.15) is 16.4 Å². The summed E-state index contributed by atoms with van der Waals surface area (Å²) in [6, 6.07) is 10.5. The highest BCUT2D eigenvalue weighted by Crippen LogP contribution is 2.22. The fourth-order valence-corrected chi connectivity index (χ4v) is 3.43. The van der Waals surface area contributed by atoms with Gasteiger partial charge in [0.15, 0.2) is 0 Å². The maximum Gasteiger partial charge on any atom is 0.244 e. The average molecular weight is 294 g/mol. The molecule has 0 fully saturated rings. The average Bonchev–Trinajstić information content (AvgIpc) is 2.81. The van der Waals surface area contributed by atoms with Gasteiger partial charge in [0, 0.05) is 12.1 Å². The molecular formula is C14H18N2O3S. The number of hydrogen-bond acceptors (Lipinski definition) is 4. The molecule has 1 unspecified atom stereocenters. The Morgan fingerprint density at radius 2 is 1.95 bits per heavy atom. The van der Waals surface area contributed by atoms with Crippen molar-refractivity contribution >= 4 is 10.0 Å². The maximum atomic E-state index is 12.4. The van der Waals surface area contributed by atoms with E-state index in [4.69, 9.17) is 10.2 Å². The van der Waals surface area contributed by atoms with E-state index in [2.05, 4.69) is 4.72 Å². The molecule has 0 bridgehead atoms. The first kappa shape index (κ1) is 14.8. The molecule has 0 aliphatic heterocycles. The molecule has 3 N–H and O–H groups in total. The fourth-order valence-electron chi connectivity index (χ4n) is 2.00. The van der Waals surface area contributed by atoms with Gasteiger partial charge in [0.25, 0.3) is 0 Å². The van der Waals surface area contributed by atoms with Crippen molar-refractivity contribution in [3.63, 3.8) is 0 Å². The first-order chi connectivity index (χ1) is 9.44. The van der Waals surface area contributed by atoms with Crippen molar-refractivity contribution in [2.75, 3.05) is 0 Å². The van der Waals surface area contributed by atoms with Gasteiger partial charge in [0.05, 0.1) is 6.54 Å². The van der Waals surface area contributed by atoms with Crippen LogP contribution in [0.3, 0.4) is 0 Å². The van der Waals surface area contributed by atoms with Crippen molar-refractivity contribution in [1.29, 1.82) is 0 Å². The summed E-state index contributed by atoms with van der Waals surface area (Å²) in [4.78, 5) is 0.140. The minimum Gasteiger partial charge on any atom is -0.464 e. The second kappa shape index (κ2) is 5.78. The summed E-state index contributed by atoms with van der Waals surface area (Å²) in [5.74, 6) is 0.799. The summed E-state index contributed by atoms with van der Waals surface area (Å²) >= 11 is 0. The van der Waals surface area contributed by atoms with Crippen molar-refractivity contribution in [1.82, 2.24) is 4.72 Å². The van der Waals surface area contributed by atoms with Crippen molar-refractivity contribution in [2.24, 2.45) is 5.73 Å². The molecule has 1 heterocycles. The van der Waals surface area contributed by atoms with Crippen molar-refractivity contribution in [2.45, 2.75) is 31.3 Å². The molecule has 0 radical (unpaired) electrons. The lowest BCUT2D eigenvalue weighted by atomic mass is 10.1. The number of rotatable bonds is 5. The third kappa shape index (κ3) is 3.09. The zero-order valence-electron chi connectivity index (χ0n) is 11.5. The Kier molecular flexibility index (Phi) is 4.27. The van der Waals surface area contributed by atoms with Crippen LogP contribution < -0.4 is 10.5 Å². The number of aryl methyl sites for hydroxylation is 1. The van der Waals surface area contributed by atoms with Crippen LogP contribution in [0.2, 0.25) is 0 Å². The van der Waals surface area contributed by atoms with Crippen LogP contribution in [0.4, 0.5) is 0 Å². The van der Waals surface area contributed by atoms with Crippen molar-refractivity contribution in [3.05, 3.63) is 53.5 Å². The molecule has 0 aliphatic carbocycles. The Bertz CT molecular complexity index is 678. The van der Waals surface area contributed by atoms with E-state index in [9.17, 15) is 8.42 Å². The smallest absolute Gasteiger partial charge is 0.244 e. The minimum atomic E-state index is -3.63. The molecule has 2 aromatic rings. The molecule has 0 spiro atoms. The molecule has 0 saturated carbocycles. The molecule has 1 aromatic carbocycles. The van der Waals surface area contributed by atoms with Crippen LogP contribution in [0.5, 0.6) is 0 Å². The van der Waals surface area contributed by atoms with Gasteiger partial charge in [-0.05, 0) is 19.4 Å². The van der Waals surface area contributed by atoms with Gasteiger partial charge in [-0.25, -0.2) is 13.1 Å². The summed E-state index contributed by atoms with van der Waals surface area (Å²) in [5.41, 5.74) is 6.36. The van der Waals surface area contributed by atoms with Gasteiger partial charge < -0.3 is 10.2 Å². The molecule has 0 amide bonds. The quantitative estimate of drug-likeness (QED) is 0.884. The monoisotopic (exact) mass is 294 g/mol. The van der Waals surface area contributed by atoms with Gasteiger partial charge in [-0.15, -0.1) is 0 Å². The molecule has 1 aromatic heterocycles. The van der Waals surface area contributed by atoms with Gasteiger partial charge in [-0.2, -0.15) is 0 Å². The summed E-state index contributed by atoms with van der Waals surface area (Å²) in [6.07, 6.45) is 0. The topological polar surface area (TPSA) is 85.3 Å². The lowest BCUT2D eigenvalue weighted by Crippen LogP contribution is -2.27. The third-order valence-corrected chi connectivity index (χ3v) is 4.69. The number of nitrogens with two attached hydrogens (primary N) is 1. The number of furan rings is 1. The number of nitrogens with one attached hydrogen (secondary N) is 1. The molecule has 0 aliphatic rings. The lowest BCUT2D eigenvalue weighted by Gasteiger charge is -2.14. The van der Waals surface area contributed by atoms with E-state index in [-0.39, 0.29) is 17.5 Å². The molecule has 1 atom stereocenters. The second-order valence-corrected chi connectivity index (χ2v) is 6.27. The summed E-state index contributed by atoms with van der Waals surface area (Å²) in [5, 5.41) is 0. The van der Waals surface area contributed by atoms with Gasteiger partial charge in [-0.1, -0.05) is 30.3 Å². The van der Waals surface area contributed by atoms with Crippen LogP contribution in [0.15, 0.2) is 45.7 Å². The molecule has 108 valence electrons. The fraction of sp³-hybridized carbons (Fsp3) is 0.286. The molecular weight excluding hydrogens is 276 g/mol. The van der Waals surface area contributed by atoms with Crippen LogP contribution in [0.1, 0.15) is 30.0 Å². The van der Waals surface area contributed by atoms with Crippen LogP contribution in [-0.4, -0.2) is 8.42 Å². The van der Waals surface area contributed by atoms with E-state index in [1.165, 1.54) is 6.07 Å². The molecule has 6 heteroatoms. The zero-order chi connectivity index (χ0) is 14.8. The highest BCUT2D eigenvalue weighted by atomic mass is 32.2. The summed E-state index contributed by atoms with van der Waals surface area (Å²) in [7, 11) is -3.63. The molecule has 5 nitrogen and oxygen atoms in total. The normalized spacial score (nSPS) is 13.3. The van der Waals surface area contributed by atoms with Crippen LogP contribution in [-0.2, 0) is 16.6 Å². The van der Waals surface area contributed by atoms with E-state index >= 15 is 0 Å². The van der Waals surface area contributed by atoms with E-state index in [0.29, 0.717) is 11.5 Å². The SMILES string of the molecule is Cc1oc(CN)cc1S(=O)(=O)NC(C)c1ccccc1. The molecule has 0 saturated heterocycles. The Morgan fingerprint density at radius 1 is 1.30 bits per heavy atom. The minimum absolute atomic E-state index is 0.140. The maximum absolute atomic E-state index is 12.4. The summed E-state index contributed by atoms with van der Waals surface area (Å²) < 4.78 is 32.6. The Morgan fingerprint density at radius 3 is 2.50 bits per heavy atom. The first-order valence-corrected chi connectivity index (χ1v) is 7.79. The van der Waals surface area contributed by atoms with Crippen molar-refractivity contribution in [3.8, 4) is 0 Å². The van der Waals surface area contributed by atoms with E-state index in [1.807, 2.05) is 30.3 Å². The highest BCUT2D eigenvalue weighted by Gasteiger charge is 2.23. The molecule has 20 heavy (non-hydrogen) atoms. The van der Waals surface area contributed by atoms with Gasteiger partial charge in [-0.3, -0.25) is 0 Å². The summed E-state index contributed by atoms with van der Waals surface area (Å²) in [6.45, 7) is 3.58. The van der Waals surface area contributed by atoms with Crippen LogP contribution >= 0.6 is 0 Å². The Labute approximate surface area is 118 Å². The number of hydrogen-bond donors (Lipinski definition) is 2. The third-order valence-electron chi connectivity index (χ3n) is 3.05. The number of sulfonamides is 1. The van der Waals surface area contributed by atoms with Crippen LogP contribution in [0.25, 0.3) is 0 Å². The van der Waals surface area contributed by atoms with Crippen molar-refractivity contribution < 1.29 is 12.8 Å². The van der Waals surface area contributed by atoms with Gasteiger partial charge in [0.2, 0.25) is 10.0 Å². The predicted molar refractivity (Wildman–Crippen MR) is 76.5 cm³/mol. The zero-order valence-corrected chi connectivity index (χ0v) is 12.3. The predicted octanol–water partition coefficient (Wildman–Crippen LogP) is 2.09. The second-order valence-electron chi connectivity index (χ2n) is 4.59. The molecule has 2 rings (SSSR count). The lowest BCUT2D eigenvalue weighted by molar-refractivity contribution is 0.478. The van der Waals surface area contributed by atoms with Crippen LogP contribution in [0, 0.1) is 6.92 Å². The van der Waals surface area contributed by atoms with E-state index in [1.54, 1.807) is 13.8 Å². The highest BCUT2D eigenvalue weighted by molar-refractivity contribution is 7.89. The van der Waals surface area contributed by atoms with E-state index < -0.39 is 10.0 Å². The first-order valence-electron chi connectivity index (χ1n) is 6.30. The van der Waals surface area contributed by atoms with E-state index in [0.717, 1.165) is 5.56 Å². The Balaban J connectivity index is 2.25. The largest absolute Gasteiger partial charge is 0.464 e. The Hall–Kier alpha value is -1.63.